The first kappa shape index (κ1) is 21.3. The van der Waals surface area contributed by atoms with Gasteiger partial charge in [0.15, 0.2) is 0 Å². The highest BCUT2D eigenvalue weighted by Gasteiger charge is 2.31. The van der Waals surface area contributed by atoms with Crippen LogP contribution in [0.3, 0.4) is 0 Å². The number of benzene rings is 2. The van der Waals surface area contributed by atoms with E-state index in [0.29, 0.717) is 25.3 Å². The molecule has 0 spiro atoms. The maximum Gasteiger partial charge on any atom is 0.251 e. The largest absolute Gasteiger partial charge is 0.492 e. The van der Waals surface area contributed by atoms with Gasteiger partial charge in [-0.25, -0.2) is 8.42 Å². The van der Waals surface area contributed by atoms with E-state index in [4.69, 9.17) is 4.74 Å². The van der Waals surface area contributed by atoms with Gasteiger partial charge in [-0.2, -0.15) is 4.31 Å². The predicted molar refractivity (Wildman–Crippen MR) is 113 cm³/mol. The molecule has 2 aromatic carbocycles. The minimum Gasteiger partial charge on any atom is -0.492 e. The second kappa shape index (κ2) is 9.41. The Morgan fingerprint density at radius 3 is 2.66 bits per heavy atom. The van der Waals surface area contributed by atoms with Crippen LogP contribution in [0.2, 0.25) is 0 Å². The zero-order valence-corrected chi connectivity index (χ0v) is 17.7. The standard InChI is InChI=1S/C22H28N2O4S/c1-17-11-12-20(29(26,27)24-14-7-6-8-18(24)2)16-21(17)22(25)23-13-15-28-19-9-4-3-5-10-19/h3-5,9-12,16,18H,6-8,13-15H2,1-2H3,(H,23,25). The molecular formula is C22H28N2O4S. The van der Waals surface area contributed by atoms with Crippen molar-refractivity contribution in [2.75, 3.05) is 19.7 Å². The number of ether oxygens (including phenoxy) is 1. The zero-order valence-electron chi connectivity index (χ0n) is 16.9. The van der Waals surface area contributed by atoms with E-state index in [1.165, 1.54) is 6.07 Å². The molecule has 0 aliphatic carbocycles. The Kier molecular flexibility index (Phi) is 6.92. The average molecular weight is 417 g/mol. The SMILES string of the molecule is Cc1ccc(S(=O)(=O)N2CCCCC2C)cc1C(=O)NCCOc1ccccc1. The van der Waals surface area contributed by atoms with Crippen LogP contribution in [-0.4, -0.2) is 44.4 Å². The number of piperidine rings is 1. The van der Waals surface area contributed by atoms with E-state index < -0.39 is 10.0 Å². The van der Waals surface area contributed by atoms with E-state index in [9.17, 15) is 13.2 Å². The van der Waals surface area contributed by atoms with Crippen LogP contribution in [0.15, 0.2) is 53.4 Å². The van der Waals surface area contributed by atoms with Gasteiger partial charge in [0.1, 0.15) is 12.4 Å². The summed E-state index contributed by atoms with van der Waals surface area (Å²) in [4.78, 5) is 12.8. The Hall–Kier alpha value is -2.38. The molecule has 7 heteroatoms. The number of aryl methyl sites for hydroxylation is 1. The number of hydrogen-bond donors (Lipinski definition) is 1. The fourth-order valence-electron chi connectivity index (χ4n) is 3.52. The van der Waals surface area contributed by atoms with E-state index in [2.05, 4.69) is 5.32 Å². The van der Waals surface area contributed by atoms with Gasteiger partial charge in [0.05, 0.1) is 11.4 Å². The van der Waals surface area contributed by atoms with Crippen molar-refractivity contribution < 1.29 is 17.9 Å². The van der Waals surface area contributed by atoms with Gasteiger partial charge in [0.25, 0.3) is 5.91 Å². The average Bonchev–Trinajstić information content (AvgIpc) is 2.72. The Morgan fingerprint density at radius 1 is 1.17 bits per heavy atom. The molecule has 2 aromatic rings. The highest BCUT2D eigenvalue weighted by atomic mass is 32.2. The van der Waals surface area contributed by atoms with Gasteiger partial charge in [-0.3, -0.25) is 4.79 Å². The number of carbonyl (C=O) groups excluding carboxylic acids is 1. The van der Waals surface area contributed by atoms with E-state index >= 15 is 0 Å². The normalized spacial score (nSPS) is 17.7. The number of hydrogen-bond acceptors (Lipinski definition) is 4. The summed E-state index contributed by atoms with van der Waals surface area (Å²) in [6.45, 7) is 4.92. The first-order valence-corrected chi connectivity index (χ1v) is 11.4. The van der Waals surface area contributed by atoms with Crippen LogP contribution in [0.1, 0.15) is 42.1 Å². The fourth-order valence-corrected chi connectivity index (χ4v) is 5.24. The number of amides is 1. The second-order valence-electron chi connectivity index (χ2n) is 7.35. The number of para-hydroxylation sites is 1. The quantitative estimate of drug-likeness (QED) is 0.702. The Balaban J connectivity index is 1.67. The number of nitrogens with zero attached hydrogens (tertiary/aromatic N) is 1. The molecule has 1 N–H and O–H groups in total. The molecule has 0 saturated carbocycles. The summed E-state index contributed by atoms with van der Waals surface area (Å²) in [7, 11) is -3.62. The third-order valence-electron chi connectivity index (χ3n) is 5.20. The first-order valence-electron chi connectivity index (χ1n) is 9.98. The molecule has 1 saturated heterocycles. The third-order valence-corrected chi connectivity index (χ3v) is 7.21. The van der Waals surface area contributed by atoms with Gasteiger partial charge in [-0.05, 0) is 56.5 Å². The zero-order chi connectivity index (χ0) is 20.9. The number of sulfonamides is 1. The van der Waals surface area contributed by atoms with Gasteiger partial charge < -0.3 is 10.1 Å². The van der Waals surface area contributed by atoms with Crippen molar-refractivity contribution in [2.45, 2.75) is 44.0 Å². The fraction of sp³-hybridized carbons (Fsp3) is 0.409. The van der Waals surface area contributed by atoms with Crippen LogP contribution in [0, 0.1) is 6.92 Å². The lowest BCUT2D eigenvalue weighted by Gasteiger charge is -2.32. The topological polar surface area (TPSA) is 75.7 Å². The maximum atomic E-state index is 13.1. The molecule has 1 amide bonds. The van der Waals surface area contributed by atoms with Gasteiger partial charge in [-0.1, -0.05) is 30.7 Å². The Bertz CT molecular complexity index is 945. The highest BCUT2D eigenvalue weighted by Crippen LogP contribution is 2.26. The Labute approximate surface area is 172 Å². The van der Waals surface area contributed by atoms with Crippen molar-refractivity contribution in [2.24, 2.45) is 0 Å². The lowest BCUT2D eigenvalue weighted by atomic mass is 10.1. The van der Waals surface area contributed by atoms with Gasteiger partial charge in [-0.15, -0.1) is 0 Å². The van der Waals surface area contributed by atoms with Crippen molar-refractivity contribution in [3.63, 3.8) is 0 Å². The molecule has 1 atom stereocenters. The van der Waals surface area contributed by atoms with Crippen LogP contribution in [0.5, 0.6) is 5.75 Å². The smallest absolute Gasteiger partial charge is 0.251 e. The first-order chi connectivity index (χ1) is 13.9. The summed E-state index contributed by atoms with van der Waals surface area (Å²) in [6.07, 6.45) is 2.77. The van der Waals surface area contributed by atoms with E-state index in [-0.39, 0.29) is 16.8 Å². The third kappa shape index (κ3) is 5.16. The minimum atomic E-state index is -3.62. The monoisotopic (exact) mass is 416 g/mol. The lowest BCUT2D eigenvalue weighted by molar-refractivity contribution is 0.0946. The molecular weight excluding hydrogens is 388 g/mol. The summed E-state index contributed by atoms with van der Waals surface area (Å²) in [6, 6.07) is 14.1. The van der Waals surface area contributed by atoms with E-state index in [0.717, 1.165) is 30.6 Å². The molecule has 156 valence electrons. The maximum absolute atomic E-state index is 13.1. The van der Waals surface area contributed by atoms with Crippen molar-refractivity contribution in [1.82, 2.24) is 9.62 Å². The van der Waals surface area contributed by atoms with Crippen molar-refractivity contribution >= 4 is 15.9 Å². The predicted octanol–water partition coefficient (Wildman–Crippen LogP) is 3.37. The molecule has 1 heterocycles. The number of rotatable bonds is 7. The van der Waals surface area contributed by atoms with Crippen LogP contribution in [0.25, 0.3) is 0 Å². The summed E-state index contributed by atoms with van der Waals surface area (Å²) in [5.74, 6) is 0.435. The summed E-state index contributed by atoms with van der Waals surface area (Å²) in [5, 5.41) is 2.80. The van der Waals surface area contributed by atoms with Crippen LogP contribution >= 0.6 is 0 Å². The van der Waals surface area contributed by atoms with Gasteiger partial charge in [0.2, 0.25) is 10.0 Å². The van der Waals surface area contributed by atoms with Crippen molar-refractivity contribution in [3.8, 4) is 5.75 Å². The number of nitrogens with one attached hydrogen (secondary N) is 1. The van der Waals surface area contributed by atoms with Crippen molar-refractivity contribution in [3.05, 3.63) is 59.7 Å². The van der Waals surface area contributed by atoms with Crippen LogP contribution in [0.4, 0.5) is 0 Å². The summed E-state index contributed by atoms with van der Waals surface area (Å²) < 4.78 is 33.3. The summed E-state index contributed by atoms with van der Waals surface area (Å²) >= 11 is 0. The van der Waals surface area contributed by atoms with Crippen LogP contribution in [-0.2, 0) is 10.0 Å². The van der Waals surface area contributed by atoms with Crippen LogP contribution < -0.4 is 10.1 Å². The summed E-state index contributed by atoms with van der Waals surface area (Å²) in [5.41, 5.74) is 1.10. The minimum absolute atomic E-state index is 0.0255. The van der Waals surface area contributed by atoms with E-state index in [1.807, 2.05) is 37.3 Å². The Morgan fingerprint density at radius 2 is 1.93 bits per heavy atom. The van der Waals surface area contributed by atoms with E-state index in [1.54, 1.807) is 23.4 Å². The van der Waals surface area contributed by atoms with Crippen molar-refractivity contribution in [1.29, 1.82) is 0 Å². The molecule has 1 aliphatic heterocycles. The lowest BCUT2D eigenvalue weighted by Crippen LogP contribution is -2.42. The molecule has 29 heavy (non-hydrogen) atoms. The second-order valence-corrected chi connectivity index (χ2v) is 9.25. The highest BCUT2D eigenvalue weighted by molar-refractivity contribution is 7.89. The molecule has 0 radical (unpaired) electrons. The molecule has 1 aliphatic rings. The molecule has 6 nitrogen and oxygen atoms in total. The van der Waals surface area contributed by atoms with Gasteiger partial charge >= 0.3 is 0 Å². The number of carbonyl (C=O) groups is 1. The molecule has 0 aromatic heterocycles. The molecule has 1 unspecified atom stereocenters. The molecule has 3 rings (SSSR count). The molecule has 0 bridgehead atoms. The molecule has 1 fully saturated rings. The van der Waals surface area contributed by atoms with Gasteiger partial charge in [0, 0.05) is 18.2 Å².